The van der Waals surface area contributed by atoms with Gasteiger partial charge in [0.2, 0.25) is 0 Å². The van der Waals surface area contributed by atoms with Gasteiger partial charge in [-0.2, -0.15) is 0 Å². The number of carbonyl (C=O) groups excluding carboxylic acids is 2. The van der Waals surface area contributed by atoms with Crippen LogP contribution in [0.4, 0.5) is 14.5 Å². The molecule has 1 heterocycles. The number of rotatable bonds is 4. The lowest BCUT2D eigenvalue weighted by molar-refractivity contribution is -0.119. The first-order valence-corrected chi connectivity index (χ1v) is 8.17. The van der Waals surface area contributed by atoms with E-state index in [0.29, 0.717) is 4.88 Å². The third kappa shape index (κ3) is 3.66. The number of thiophene rings is 1. The number of ether oxygens (including phenoxy) is 1. The minimum absolute atomic E-state index is 0.0815. The summed E-state index contributed by atoms with van der Waals surface area (Å²) in [4.78, 5) is 24.4. The summed E-state index contributed by atoms with van der Waals surface area (Å²) in [5.41, 5.74) is 0.879. The highest BCUT2D eigenvalue weighted by molar-refractivity contribution is 7.21. The summed E-state index contributed by atoms with van der Waals surface area (Å²) in [6, 6.07) is 10.5. The predicted octanol–water partition coefficient (Wildman–Crippen LogP) is 4.28. The van der Waals surface area contributed by atoms with Gasteiger partial charge in [0.05, 0.1) is 0 Å². The second-order valence-corrected chi connectivity index (χ2v) is 6.36. The van der Waals surface area contributed by atoms with Crippen LogP contribution in [0.15, 0.2) is 42.5 Å². The van der Waals surface area contributed by atoms with E-state index in [-0.39, 0.29) is 5.69 Å². The summed E-state index contributed by atoms with van der Waals surface area (Å²) in [7, 11) is 0. The molecule has 0 bridgehead atoms. The van der Waals surface area contributed by atoms with Crippen LogP contribution < -0.4 is 5.32 Å². The molecule has 7 heteroatoms. The number of carbonyl (C=O) groups is 2. The Balaban J connectivity index is 1.64. The number of esters is 1. The molecule has 0 saturated heterocycles. The Kier molecular flexibility index (Phi) is 4.76. The van der Waals surface area contributed by atoms with Crippen molar-refractivity contribution in [3.63, 3.8) is 0 Å². The van der Waals surface area contributed by atoms with E-state index in [0.717, 1.165) is 27.8 Å². The van der Waals surface area contributed by atoms with Crippen molar-refractivity contribution in [3.8, 4) is 0 Å². The summed E-state index contributed by atoms with van der Waals surface area (Å²) in [6.07, 6.45) is 0. The molecule has 0 unspecified atom stereocenters. The Bertz CT molecular complexity index is 968. The van der Waals surface area contributed by atoms with Crippen LogP contribution in [-0.2, 0) is 9.53 Å². The minimum Gasteiger partial charge on any atom is -0.451 e. The maximum absolute atomic E-state index is 13.1. The largest absolute Gasteiger partial charge is 0.451 e. The molecule has 0 saturated carbocycles. The van der Waals surface area contributed by atoms with Crippen LogP contribution in [0.1, 0.15) is 15.2 Å². The van der Waals surface area contributed by atoms with Crippen LogP contribution in [0.5, 0.6) is 0 Å². The van der Waals surface area contributed by atoms with Gasteiger partial charge in [0, 0.05) is 16.5 Å². The van der Waals surface area contributed by atoms with E-state index in [1.54, 1.807) is 0 Å². The van der Waals surface area contributed by atoms with Crippen molar-refractivity contribution >= 4 is 39.0 Å². The molecule has 4 nitrogen and oxygen atoms in total. The number of anilines is 1. The molecule has 25 heavy (non-hydrogen) atoms. The number of aryl methyl sites for hydroxylation is 1. The van der Waals surface area contributed by atoms with Crippen molar-refractivity contribution in [2.75, 3.05) is 11.9 Å². The predicted molar refractivity (Wildman–Crippen MR) is 91.8 cm³/mol. The fraction of sp³-hybridized carbons (Fsp3) is 0.111. The maximum Gasteiger partial charge on any atom is 0.349 e. The quantitative estimate of drug-likeness (QED) is 0.706. The van der Waals surface area contributed by atoms with Gasteiger partial charge in [0.25, 0.3) is 5.91 Å². The van der Waals surface area contributed by atoms with Crippen LogP contribution in [0.2, 0.25) is 0 Å². The smallest absolute Gasteiger partial charge is 0.349 e. The highest BCUT2D eigenvalue weighted by Gasteiger charge is 2.18. The van der Waals surface area contributed by atoms with Crippen LogP contribution in [0.3, 0.4) is 0 Å². The molecule has 1 N–H and O–H groups in total. The lowest BCUT2D eigenvalue weighted by Crippen LogP contribution is -2.21. The SMILES string of the molecule is Cc1c(C(=O)OCC(=O)Nc2ccc(F)c(F)c2)sc2ccccc12. The van der Waals surface area contributed by atoms with Crippen molar-refractivity contribution in [2.45, 2.75) is 6.92 Å². The number of amides is 1. The molecule has 0 spiro atoms. The van der Waals surface area contributed by atoms with Crippen LogP contribution in [-0.4, -0.2) is 18.5 Å². The van der Waals surface area contributed by atoms with Crippen LogP contribution in [0.25, 0.3) is 10.1 Å². The first-order chi connectivity index (χ1) is 12.0. The van der Waals surface area contributed by atoms with Gasteiger partial charge < -0.3 is 10.1 Å². The zero-order valence-corrected chi connectivity index (χ0v) is 14.0. The standard InChI is InChI=1S/C18H13F2NO3S/c1-10-12-4-2-3-5-15(12)25-17(10)18(23)24-9-16(22)21-11-6-7-13(19)14(20)8-11/h2-8H,9H2,1H3,(H,21,22). The average Bonchev–Trinajstić information content (AvgIpc) is 2.93. The average molecular weight is 361 g/mol. The maximum atomic E-state index is 13.1. The molecule has 0 aliphatic rings. The van der Waals surface area contributed by atoms with Gasteiger partial charge in [-0.3, -0.25) is 4.79 Å². The van der Waals surface area contributed by atoms with Gasteiger partial charge in [-0.1, -0.05) is 18.2 Å². The number of nitrogens with one attached hydrogen (secondary N) is 1. The minimum atomic E-state index is -1.07. The number of benzene rings is 2. The second kappa shape index (κ2) is 6.98. The van der Waals surface area contributed by atoms with E-state index in [4.69, 9.17) is 4.74 Å². The third-order valence-corrected chi connectivity index (χ3v) is 4.82. The molecule has 0 radical (unpaired) electrons. The van der Waals surface area contributed by atoms with Crippen molar-refractivity contribution in [3.05, 3.63) is 64.5 Å². The first-order valence-electron chi connectivity index (χ1n) is 7.36. The molecular weight excluding hydrogens is 348 g/mol. The molecule has 0 atom stereocenters. The van der Waals surface area contributed by atoms with E-state index in [1.165, 1.54) is 17.4 Å². The second-order valence-electron chi connectivity index (χ2n) is 5.31. The summed E-state index contributed by atoms with van der Waals surface area (Å²) in [5.74, 6) is -3.32. The summed E-state index contributed by atoms with van der Waals surface area (Å²) < 4.78 is 31.9. The third-order valence-electron chi connectivity index (χ3n) is 3.57. The fourth-order valence-electron chi connectivity index (χ4n) is 2.34. The molecule has 3 rings (SSSR count). The molecule has 3 aromatic rings. The molecule has 2 aromatic carbocycles. The number of hydrogen-bond donors (Lipinski definition) is 1. The van der Waals surface area contributed by atoms with Crippen molar-refractivity contribution in [1.82, 2.24) is 0 Å². The van der Waals surface area contributed by atoms with E-state index in [9.17, 15) is 18.4 Å². The summed E-state index contributed by atoms with van der Waals surface area (Å²) in [6.45, 7) is 1.29. The van der Waals surface area contributed by atoms with Gasteiger partial charge in [-0.25, -0.2) is 13.6 Å². The van der Waals surface area contributed by atoms with Crippen LogP contribution >= 0.6 is 11.3 Å². The Morgan fingerprint density at radius 3 is 2.60 bits per heavy atom. The normalized spacial score (nSPS) is 10.7. The highest BCUT2D eigenvalue weighted by atomic mass is 32.1. The van der Waals surface area contributed by atoms with Gasteiger partial charge in [0.1, 0.15) is 4.88 Å². The molecule has 1 amide bonds. The Morgan fingerprint density at radius 2 is 1.88 bits per heavy atom. The lowest BCUT2D eigenvalue weighted by atomic mass is 10.1. The highest BCUT2D eigenvalue weighted by Crippen LogP contribution is 2.30. The summed E-state index contributed by atoms with van der Waals surface area (Å²) >= 11 is 1.29. The number of halogens is 2. The molecular formula is C18H13F2NO3S. The molecule has 0 aliphatic heterocycles. The van der Waals surface area contributed by atoms with Gasteiger partial charge in [0.15, 0.2) is 18.2 Å². The molecule has 128 valence electrons. The first kappa shape index (κ1) is 17.0. The zero-order chi connectivity index (χ0) is 18.0. The van der Waals surface area contributed by atoms with E-state index < -0.39 is 30.1 Å². The van der Waals surface area contributed by atoms with Gasteiger partial charge >= 0.3 is 5.97 Å². The monoisotopic (exact) mass is 361 g/mol. The fourth-order valence-corrected chi connectivity index (χ4v) is 3.44. The van der Waals surface area contributed by atoms with Crippen molar-refractivity contribution < 1.29 is 23.1 Å². The van der Waals surface area contributed by atoms with E-state index in [1.807, 2.05) is 31.2 Å². The Labute approximate surface area is 146 Å². The van der Waals surface area contributed by atoms with Crippen molar-refractivity contribution in [1.29, 1.82) is 0 Å². The van der Waals surface area contributed by atoms with E-state index >= 15 is 0 Å². The summed E-state index contributed by atoms with van der Waals surface area (Å²) in [5, 5.41) is 3.30. The molecule has 1 aromatic heterocycles. The van der Waals surface area contributed by atoms with Crippen molar-refractivity contribution in [2.24, 2.45) is 0 Å². The Morgan fingerprint density at radius 1 is 1.12 bits per heavy atom. The van der Waals surface area contributed by atoms with Crippen LogP contribution in [0, 0.1) is 18.6 Å². The Hall–Kier alpha value is -2.80. The van der Waals surface area contributed by atoms with Gasteiger partial charge in [-0.15, -0.1) is 11.3 Å². The zero-order valence-electron chi connectivity index (χ0n) is 13.1. The molecule has 0 fully saturated rings. The van der Waals surface area contributed by atoms with E-state index in [2.05, 4.69) is 5.32 Å². The number of hydrogen-bond acceptors (Lipinski definition) is 4. The lowest BCUT2D eigenvalue weighted by Gasteiger charge is -2.06. The topological polar surface area (TPSA) is 55.4 Å². The van der Waals surface area contributed by atoms with Gasteiger partial charge in [-0.05, 0) is 36.1 Å². The molecule has 0 aliphatic carbocycles. The number of fused-ring (bicyclic) bond motifs is 1.